The van der Waals surface area contributed by atoms with E-state index in [2.05, 4.69) is 92.7 Å². The van der Waals surface area contributed by atoms with E-state index in [1.54, 1.807) is 6.07 Å². The lowest BCUT2D eigenvalue weighted by atomic mass is 9.99. The zero-order valence-electron chi connectivity index (χ0n) is 22.1. The third-order valence-corrected chi connectivity index (χ3v) is 6.74. The summed E-state index contributed by atoms with van der Waals surface area (Å²) in [6, 6.07) is 41.5. The predicted octanol–water partition coefficient (Wildman–Crippen LogP) is 9.73. The molecule has 0 spiro atoms. The predicted molar refractivity (Wildman–Crippen MR) is 161 cm³/mol. The van der Waals surface area contributed by atoms with Gasteiger partial charge in [-0.25, -0.2) is 0 Å². The van der Waals surface area contributed by atoms with E-state index < -0.39 is 0 Å². The van der Waals surface area contributed by atoms with E-state index >= 15 is 0 Å². The second kappa shape index (κ2) is 11.2. The molecule has 0 saturated carbocycles. The summed E-state index contributed by atoms with van der Waals surface area (Å²) in [4.78, 5) is 0. The van der Waals surface area contributed by atoms with Crippen LogP contribution in [0.5, 0.6) is 11.5 Å². The molecule has 1 N–H and O–H groups in total. The van der Waals surface area contributed by atoms with Gasteiger partial charge in [0.1, 0.15) is 11.5 Å². The van der Waals surface area contributed by atoms with Crippen molar-refractivity contribution in [3.63, 3.8) is 0 Å². The normalized spacial score (nSPS) is 10.7. The first-order valence-corrected chi connectivity index (χ1v) is 13.0. The lowest BCUT2D eigenvalue weighted by Gasteiger charge is -2.10. The summed E-state index contributed by atoms with van der Waals surface area (Å²) in [5.74, 6) is 1.29. The summed E-state index contributed by atoms with van der Waals surface area (Å²) >= 11 is 0. The number of aryl methyl sites for hydroxylation is 2. The van der Waals surface area contributed by atoms with Gasteiger partial charge in [-0.2, -0.15) is 0 Å². The van der Waals surface area contributed by atoms with Crippen molar-refractivity contribution in [1.29, 1.82) is 0 Å². The van der Waals surface area contributed by atoms with Crippen molar-refractivity contribution in [1.82, 2.24) is 0 Å². The Labute approximate surface area is 224 Å². The monoisotopic (exact) mass is 496 g/mol. The van der Waals surface area contributed by atoms with E-state index in [0.717, 1.165) is 16.5 Å². The van der Waals surface area contributed by atoms with Crippen molar-refractivity contribution in [3.05, 3.63) is 132 Å². The number of rotatable bonds is 4. The molecule has 0 bridgehead atoms. The molecule has 0 saturated heterocycles. The van der Waals surface area contributed by atoms with Gasteiger partial charge in [-0.1, -0.05) is 108 Å². The van der Waals surface area contributed by atoms with Crippen LogP contribution in [0.3, 0.4) is 0 Å². The first-order chi connectivity index (χ1) is 18.5. The maximum absolute atomic E-state index is 9.77. The summed E-state index contributed by atoms with van der Waals surface area (Å²) in [6.07, 6.45) is 0. The van der Waals surface area contributed by atoms with Crippen LogP contribution in [0.15, 0.2) is 121 Å². The quantitative estimate of drug-likeness (QED) is 0.263. The van der Waals surface area contributed by atoms with Crippen LogP contribution >= 0.6 is 0 Å². The molecule has 0 amide bonds. The van der Waals surface area contributed by atoms with Gasteiger partial charge in [0.25, 0.3) is 0 Å². The highest BCUT2D eigenvalue weighted by Crippen LogP contribution is 2.31. The zero-order valence-corrected chi connectivity index (χ0v) is 22.1. The van der Waals surface area contributed by atoms with E-state index in [-0.39, 0.29) is 0 Å². The number of hydrogen-bond acceptors (Lipinski definition) is 2. The summed E-state index contributed by atoms with van der Waals surface area (Å²) in [5.41, 5.74) is 7.39. The van der Waals surface area contributed by atoms with Gasteiger partial charge in [0, 0.05) is 10.8 Å². The Hall–Kier alpha value is -4.56. The van der Waals surface area contributed by atoms with Crippen LogP contribution < -0.4 is 4.74 Å². The van der Waals surface area contributed by atoms with Crippen molar-refractivity contribution < 1.29 is 9.84 Å². The van der Waals surface area contributed by atoms with Crippen LogP contribution in [0.2, 0.25) is 0 Å². The number of fused-ring (bicyclic) bond motifs is 2. The van der Waals surface area contributed by atoms with Gasteiger partial charge >= 0.3 is 0 Å². The van der Waals surface area contributed by atoms with Crippen LogP contribution in [0.25, 0.3) is 43.8 Å². The molecule has 0 atom stereocenters. The fourth-order valence-corrected chi connectivity index (χ4v) is 4.72. The van der Waals surface area contributed by atoms with Gasteiger partial charge in [0.05, 0.1) is 6.61 Å². The molecule has 0 aliphatic rings. The number of aromatic hydroxyl groups is 1. The molecule has 0 fully saturated rings. The number of phenols is 1. The van der Waals surface area contributed by atoms with Gasteiger partial charge in [-0.3, -0.25) is 0 Å². The van der Waals surface area contributed by atoms with Crippen molar-refractivity contribution in [3.8, 4) is 33.8 Å². The molecule has 0 heterocycles. The highest BCUT2D eigenvalue weighted by Gasteiger charge is 2.05. The first-order valence-electron chi connectivity index (χ1n) is 13.0. The largest absolute Gasteiger partial charge is 0.507 e. The van der Waals surface area contributed by atoms with E-state index in [4.69, 9.17) is 4.74 Å². The standard InChI is InChI=1S/C19H18O.C17H14O/c1-3-20-19-9-5-7-15-10-11-17(13-18(15)19)16-8-4-6-14(2)12-16;1-12-5-7-13(8-6-12)14-9-10-16-15(11-14)3-2-4-17(16)18/h4-13H,3H2,1-2H3;2-11,18H,1H3. The first kappa shape index (κ1) is 25.1. The average molecular weight is 497 g/mol. The molecule has 0 aromatic heterocycles. The van der Waals surface area contributed by atoms with Crippen LogP contribution in [0.1, 0.15) is 18.1 Å². The van der Waals surface area contributed by atoms with Crippen molar-refractivity contribution in [2.75, 3.05) is 6.61 Å². The molecule has 0 aliphatic heterocycles. The lowest BCUT2D eigenvalue weighted by Crippen LogP contribution is -1.92. The lowest BCUT2D eigenvalue weighted by molar-refractivity contribution is 0.344. The third-order valence-electron chi connectivity index (χ3n) is 6.74. The summed E-state index contributed by atoms with van der Waals surface area (Å²) in [7, 11) is 0. The van der Waals surface area contributed by atoms with Crippen LogP contribution in [0, 0.1) is 13.8 Å². The molecule has 6 aromatic carbocycles. The van der Waals surface area contributed by atoms with Crippen molar-refractivity contribution in [2.24, 2.45) is 0 Å². The summed E-state index contributed by atoms with van der Waals surface area (Å²) in [6.45, 7) is 6.91. The molecule has 0 aliphatic carbocycles. The molecule has 6 rings (SSSR count). The molecule has 0 unspecified atom stereocenters. The van der Waals surface area contributed by atoms with Crippen LogP contribution in [-0.4, -0.2) is 11.7 Å². The Morgan fingerprint density at radius 3 is 1.97 bits per heavy atom. The minimum Gasteiger partial charge on any atom is -0.507 e. The van der Waals surface area contributed by atoms with E-state index in [1.165, 1.54) is 44.2 Å². The smallest absolute Gasteiger partial charge is 0.127 e. The van der Waals surface area contributed by atoms with Gasteiger partial charge in [0.15, 0.2) is 0 Å². The van der Waals surface area contributed by atoms with Crippen molar-refractivity contribution in [2.45, 2.75) is 20.8 Å². The highest BCUT2D eigenvalue weighted by molar-refractivity contribution is 5.92. The fraction of sp³-hybridized carbons (Fsp3) is 0.111. The van der Waals surface area contributed by atoms with Crippen molar-refractivity contribution >= 4 is 21.5 Å². The number of ether oxygens (including phenoxy) is 1. The van der Waals surface area contributed by atoms with Crippen LogP contribution in [-0.2, 0) is 0 Å². The van der Waals surface area contributed by atoms with E-state index in [0.29, 0.717) is 12.4 Å². The van der Waals surface area contributed by atoms with Gasteiger partial charge in [0.2, 0.25) is 0 Å². The maximum atomic E-state index is 9.77. The van der Waals surface area contributed by atoms with E-state index in [1.807, 2.05) is 43.3 Å². The molecule has 2 nitrogen and oxygen atoms in total. The zero-order chi connectivity index (χ0) is 26.5. The Balaban J connectivity index is 0.000000156. The second-order valence-electron chi connectivity index (χ2n) is 9.57. The Morgan fingerprint density at radius 1 is 0.526 bits per heavy atom. The SMILES string of the molecule is CCOc1cccc2ccc(-c3cccc(C)c3)cc12.Cc1ccc(-c2ccc3c(O)cccc3c2)cc1. The Bertz CT molecular complexity index is 1700. The van der Waals surface area contributed by atoms with E-state index in [9.17, 15) is 5.11 Å². The van der Waals surface area contributed by atoms with Gasteiger partial charge in [-0.15, -0.1) is 0 Å². The molecule has 38 heavy (non-hydrogen) atoms. The second-order valence-corrected chi connectivity index (χ2v) is 9.57. The minimum atomic E-state index is 0.336. The van der Waals surface area contributed by atoms with Gasteiger partial charge < -0.3 is 9.84 Å². The number of benzene rings is 6. The molecule has 188 valence electrons. The average Bonchev–Trinajstić information content (AvgIpc) is 2.94. The molecule has 2 heteroatoms. The highest BCUT2D eigenvalue weighted by atomic mass is 16.5. The Kier molecular flexibility index (Phi) is 7.42. The molecule has 6 aromatic rings. The summed E-state index contributed by atoms with van der Waals surface area (Å²) in [5, 5.41) is 14.1. The maximum Gasteiger partial charge on any atom is 0.127 e. The Morgan fingerprint density at radius 2 is 1.18 bits per heavy atom. The molecular formula is C36H32O2. The van der Waals surface area contributed by atoms with Crippen LogP contribution in [0.4, 0.5) is 0 Å². The number of phenolic OH excluding ortho intramolecular Hbond substituents is 1. The number of hydrogen-bond donors (Lipinski definition) is 1. The summed E-state index contributed by atoms with van der Waals surface area (Å²) < 4.78 is 5.73. The van der Waals surface area contributed by atoms with Gasteiger partial charge in [-0.05, 0) is 78.1 Å². The fourth-order valence-electron chi connectivity index (χ4n) is 4.72. The topological polar surface area (TPSA) is 29.5 Å². The molecule has 0 radical (unpaired) electrons. The minimum absolute atomic E-state index is 0.336. The molecular weight excluding hydrogens is 464 g/mol. The third kappa shape index (κ3) is 5.55.